The Morgan fingerprint density at radius 1 is 1.35 bits per heavy atom. The molecule has 0 heterocycles. The van der Waals surface area contributed by atoms with E-state index >= 15 is 0 Å². The predicted octanol–water partition coefficient (Wildman–Crippen LogP) is 3.86. The first-order valence-electron chi connectivity index (χ1n) is 5.73. The zero-order chi connectivity index (χ0) is 13.1. The third-order valence-corrected chi connectivity index (χ3v) is 4.23. The maximum absolute atomic E-state index is 12.1. The van der Waals surface area contributed by atoms with Gasteiger partial charge in [0.15, 0.2) is 0 Å². The van der Waals surface area contributed by atoms with Gasteiger partial charge >= 0.3 is 0 Å². The Kier molecular flexibility index (Phi) is 5.02. The van der Waals surface area contributed by atoms with Crippen molar-refractivity contribution in [3.05, 3.63) is 23.2 Å². The number of halogens is 1. The first-order chi connectivity index (χ1) is 7.79. The van der Waals surface area contributed by atoms with Gasteiger partial charge in [0.2, 0.25) is 0 Å². The zero-order valence-corrected chi connectivity index (χ0v) is 12.2. The van der Waals surface area contributed by atoms with Crippen LogP contribution in [0, 0.1) is 5.41 Å². The molecule has 0 radical (unpaired) electrons. The van der Waals surface area contributed by atoms with Crippen LogP contribution in [0.25, 0.3) is 0 Å². The number of hydrogen-bond donors (Lipinski definition) is 1. The molecule has 0 amide bonds. The van der Waals surface area contributed by atoms with Gasteiger partial charge in [0.1, 0.15) is 0 Å². The van der Waals surface area contributed by atoms with E-state index in [1.54, 1.807) is 18.2 Å². The second kappa shape index (κ2) is 5.87. The molecule has 1 aromatic carbocycles. The molecule has 0 aliphatic carbocycles. The summed E-state index contributed by atoms with van der Waals surface area (Å²) in [6, 6.07) is 5.14. The van der Waals surface area contributed by atoms with E-state index in [-0.39, 0.29) is 5.41 Å². The highest BCUT2D eigenvalue weighted by Gasteiger charge is 2.12. The van der Waals surface area contributed by atoms with Crippen LogP contribution in [0.4, 0.5) is 5.69 Å². The number of nitrogen functional groups attached to an aromatic ring is 1. The van der Waals surface area contributed by atoms with E-state index in [1.807, 2.05) is 0 Å². The molecule has 0 saturated heterocycles. The third-order valence-electron chi connectivity index (χ3n) is 2.47. The van der Waals surface area contributed by atoms with Crippen LogP contribution in [0.3, 0.4) is 0 Å². The fourth-order valence-corrected chi connectivity index (χ4v) is 2.92. The van der Waals surface area contributed by atoms with Crippen LogP contribution in [0.1, 0.15) is 33.6 Å². The number of anilines is 1. The van der Waals surface area contributed by atoms with Crippen molar-refractivity contribution in [3.8, 4) is 0 Å². The molecule has 0 bridgehead atoms. The Morgan fingerprint density at radius 2 is 2.00 bits per heavy atom. The maximum Gasteiger partial charge on any atom is 0.0618 e. The van der Waals surface area contributed by atoms with Crippen molar-refractivity contribution < 1.29 is 4.21 Å². The zero-order valence-electron chi connectivity index (χ0n) is 10.6. The van der Waals surface area contributed by atoms with E-state index in [0.717, 1.165) is 12.8 Å². The fourth-order valence-electron chi connectivity index (χ4n) is 1.57. The van der Waals surface area contributed by atoms with E-state index in [1.165, 1.54) is 0 Å². The molecule has 0 saturated carbocycles. The number of rotatable bonds is 4. The Balaban J connectivity index is 2.59. The molecule has 1 atom stereocenters. The summed E-state index contributed by atoms with van der Waals surface area (Å²) in [7, 11) is -1.02. The summed E-state index contributed by atoms with van der Waals surface area (Å²) in [5.41, 5.74) is 6.61. The Bertz CT molecular complexity index is 412. The van der Waals surface area contributed by atoms with Crippen molar-refractivity contribution in [2.45, 2.75) is 38.5 Å². The van der Waals surface area contributed by atoms with Gasteiger partial charge in [-0.15, -0.1) is 0 Å². The van der Waals surface area contributed by atoms with E-state index in [9.17, 15) is 4.21 Å². The summed E-state index contributed by atoms with van der Waals surface area (Å²) in [6.07, 6.45) is 2.00. The van der Waals surface area contributed by atoms with Gasteiger partial charge in [-0.25, -0.2) is 0 Å². The molecule has 4 heteroatoms. The van der Waals surface area contributed by atoms with Crippen molar-refractivity contribution in [2.24, 2.45) is 5.41 Å². The second-order valence-electron chi connectivity index (χ2n) is 5.40. The lowest BCUT2D eigenvalue weighted by Crippen LogP contribution is -2.08. The molecule has 2 N–H and O–H groups in total. The molecule has 0 aromatic heterocycles. The van der Waals surface area contributed by atoms with E-state index in [0.29, 0.717) is 21.4 Å². The molecule has 96 valence electrons. The normalized spacial score (nSPS) is 13.6. The lowest BCUT2D eigenvalue weighted by Gasteiger charge is -2.17. The van der Waals surface area contributed by atoms with Crippen molar-refractivity contribution in [3.63, 3.8) is 0 Å². The van der Waals surface area contributed by atoms with Gasteiger partial charge in [-0.05, 0) is 36.5 Å². The third kappa shape index (κ3) is 5.09. The summed E-state index contributed by atoms with van der Waals surface area (Å²) in [5.74, 6) is 0.656. The summed E-state index contributed by atoms with van der Waals surface area (Å²) < 4.78 is 12.1. The minimum absolute atomic E-state index is 0.287. The van der Waals surface area contributed by atoms with Gasteiger partial charge in [0, 0.05) is 16.5 Å². The van der Waals surface area contributed by atoms with Gasteiger partial charge in [-0.3, -0.25) is 4.21 Å². The van der Waals surface area contributed by atoms with Gasteiger partial charge in [-0.2, -0.15) is 0 Å². The predicted molar refractivity (Wildman–Crippen MR) is 75.8 cm³/mol. The van der Waals surface area contributed by atoms with Gasteiger partial charge in [0.05, 0.1) is 15.7 Å². The molecule has 0 spiro atoms. The molecule has 1 rings (SSSR count). The van der Waals surface area contributed by atoms with Crippen LogP contribution >= 0.6 is 11.6 Å². The van der Waals surface area contributed by atoms with Gasteiger partial charge in [0.25, 0.3) is 0 Å². The summed E-state index contributed by atoms with van der Waals surface area (Å²) in [4.78, 5) is 0.698. The van der Waals surface area contributed by atoms with Crippen molar-refractivity contribution in [2.75, 3.05) is 11.5 Å². The van der Waals surface area contributed by atoms with Crippen LogP contribution in [-0.2, 0) is 10.8 Å². The molecule has 1 unspecified atom stereocenters. The fraction of sp³-hybridized carbons (Fsp3) is 0.538. The highest BCUT2D eigenvalue weighted by atomic mass is 35.5. The summed E-state index contributed by atoms with van der Waals surface area (Å²) in [6.45, 7) is 6.56. The smallest absolute Gasteiger partial charge is 0.0618 e. The van der Waals surface area contributed by atoms with E-state index in [4.69, 9.17) is 17.3 Å². The monoisotopic (exact) mass is 273 g/mol. The first kappa shape index (κ1) is 14.5. The molecule has 0 fully saturated rings. The standard InChI is InChI=1S/C13H20ClNOS/c1-13(2,3)7-4-8-17(16)12-6-5-10(14)9-11(12)15/h5-6,9H,4,7-8,15H2,1-3H3. The Morgan fingerprint density at radius 3 is 2.53 bits per heavy atom. The van der Waals surface area contributed by atoms with Crippen LogP contribution < -0.4 is 5.73 Å². The molecular formula is C13H20ClNOS. The maximum atomic E-state index is 12.1. The average Bonchev–Trinajstić information content (AvgIpc) is 2.15. The minimum atomic E-state index is -1.02. The van der Waals surface area contributed by atoms with Crippen LogP contribution in [0.5, 0.6) is 0 Å². The first-order valence-corrected chi connectivity index (χ1v) is 7.43. The lowest BCUT2D eigenvalue weighted by atomic mass is 9.91. The highest BCUT2D eigenvalue weighted by molar-refractivity contribution is 7.85. The van der Waals surface area contributed by atoms with Crippen molar-refractivity contribution >= 4 is 28.1 Å². The lowest BCUT2D eigenvalue weighted by molar-refractivity contribution is 0.374. The number of hydrogen-bond acceptors (Lipinski definition) is 2. The quantitative estimate of drug-likeness (QED) is 0.847. The van der Waals surface area contributed by atoms with E-state index < -0.39 is 10.8 Å². The van der Waals surface area contributed by atoms with Crippen LogP contribution in [-0.4, -0.2) is 9.96 Å². The van der Waals surface area contributed by atoms with Crippen molar-refractivity contribution in [1.29, 1.82) is 0 Å². The van der Waals surface area contributed by atoms with E-state index in [2.05, 4.69) is 20.8 Å². The molecule has 1 aromatic rings. The molecular weight excluding hydrogens is 254 g/mol. The largest absolute Gasteiger partial charge is 0.398 e. The Hall–Kier alpha value is -0.540. The topological polar surface area (TPSA) is 43.1 Å². The van der Waals surface area contributed by atoms with Crippen molar-refractivity contribution in [1.82, 2.24) is 0 Å². The number of nitrogens with two attached hydrogens (primary N) is 1. The van der Waals surface area contributed by atoms with Crippen LogP contribution in [0.2, 0.25) is 5.02 Å². The highest BCUT2D eigenvalue weighted by Crippen LogP contribution is 2.24. The minimum Gasteiger partial charge on any atom is -0.398 e. The van der Waals surface area contributed by atoms with Crippen LogP contribution in [0.15, 0.2) is 23.1 Å². The molecule has 0 aliphatic heterocycles. The number of benzene rings is 1. The SMILES string of the molecule is CC(C)(C)CCCS(=O)c1ccc(Cl)cc1N. The molecule has 17 heavy (non-hydrogen) atoms. The van der Waals surface area contributed by atoms with Gasteiger partial charge in [-0.1, -0.05) is 32.4 Å². The van der Waals surface area contributed by atoms with Gasteiger partial charge < -0.3 is 5.73 Å². The second-order valence-corrected chi connectivity index (χ2v) is 7.37. The Labute approximate surface area is 111 Å². The molecule has 0 aliphatic rings. The average molecular weight is 274 g/mol. The summed E-state index contributed by atoms with van der Waals surface area (Å²) in [5, 5.41) is 0.581. The molecule has 2 nitrogen and oxygen atoms in total. The summed E-state index contributed by atoms with van der Waals surface area (Å²) >= 11 is 5.81.